The van der Waals surface area contributed by atoms with Gasteiger partial charge < -0.3 is 9.84 Å². The molecular formula is C21H16Cl4O4. The van der Waals surface area contributed by atoms with E-state index in [9.17, 15) is 14.7 Å². The van der Waals surface area contributed by atoms with Gasteiger partial charge in [-0.1, -0.05) is 60.2 Å². The summed E-state index contributed by atoms with van der Waals surface area (Å²) >= 11 is 25.5. The number of phenols is 1. The number of fused-ring (bicyclic) bond motifs is 1. The number of ketones is 2. The van der Waals surface area contributed by atoms with Crippen LogP contribution in [0.15, 0.2) is 58.6 Å². The van der Waals surface area contributed by atoms with Crippen molar-refractivity contribution >= 4 is 64.0 Å². The molecule has 0 unspecified atom stereocenters. The van der Waals surface area contributed by atoms with Crippen molar-refractivity contribution < 1.29 is 19.4 Å². The maximum absolute atomic E-state index is 13.1. The number of ether oxygens (including phenoxy) is 1. The van der Waals surface area contributed by atoms with Crippen LogP contribution < -0.4 is 4.74 Å². The zero-order valence-electron chi connectivity index (χ0n) is 15.2. The number of methoxy groups -OCH3 is 1. The van der Waals surface area contributed by atoms with Gasteiger partial charge in [0.05, 0.1) is 7.11 Å². The van der Waals surface area contributed by atoms with E-state index < -0.39 is 37.3 Å². The molecule has 0 spiro atoms. The summed E-state index contributed by atoms with van der Waals surface area (Å²) in [6, 6.07) is 4.74. The standard InChI is InChI=1S/C21H16Cl4O4/c1-3-12-8-9-20(24)18(27)16(22)17(23)19(28)21(20,25)13(12)6-4-11-5-7-14(26)15(10-11)29-2/h3-8,10,13,26H,1,9H2,2H3/t13-,20+,21-/m0/s1. The van der Waals surface area contributed by atoms with Gasteiger partial charge >= 0.3 is 0 Å². The summed E-state index contributed by atoms with van der Waals surface area (Å²) < 4.78 is 5.10. The Bertz CT molecular complexity index is 1010. The monoisotopic (exact) mass is 472 g/mol. The molecule has 1 N–H and O–H groups in total. The Morgan fingerprint density at radius 2 is 1.86 bits per heavy atom. The molecule has 8 heteroatoms. The van der Waals surface area contributed by atoms with E-state index in [1.807, 2.05) is 0 Å². The lowest BCUT2D eigenvalue weighted by atomic mass is 9.64. The molecule has 3 atom stereocenters. The summed E-state index contributed by atoms with van der Waals surface area (Å²) in [6.45, 7) is 3.77. The predicted octanol–water partition coefficient (Wildman–Crippen LogP) is 5.34. The fraction of sp³-hybridized carbons (Fsp3) is 0.238. The van der Waals surface area contributed by atoms with Crippen LogP contribution >= 0.6 is 46.4 Å². The van der Waals surface area contributed by atoms with Crippen LogP contribution in [0.4, 0.5) is 0 Å². The number of rotatable bonds is 4. The van der Waals surface area contributed by atoms with Gasteiger partial charge in [-0.15, -0.1) is 23.2 Å². The van der Waals surface area contributed by atoms with Gasteiger partial charge in [0.15, 0.2) is 23.1 Å². The number of carbonyl (C=O) groups excluding carboxylic acids is 2. The Labute approximate surface area is 188 Å². The summed E-state index contributed by atoms with van der Waals surface area (Å²) in [7, 11) is 1.43. The first-order chi connectivity index (χ1) is 13.6. The Hall–Kier alpha value is -1.72. The number of allylic oxidation sites excluding steroid dienone is 6. The lowest BCUT2D eigenvalue weighted by Crippen LogP contribution is -2.64. The molecule has 0 bridgehead atoms. The van der Waals surface area contributed by atoms with E-state index in [1.165, 1.54) is 13.2 Å². The highest BCUT2D eigenvalue weighted by molar-refractivity contribution is 6.66. The fourth-order valence-corrected chi connectivity index (χ4v) is 4.99. The van der Waals surface area contributed by atoms with Crippen molar-refractivity contribution in [3.8, 4) is 11.5 Å². The molecule has 1 aromatic carbocycles. The van der Waals surface area contributed by atoms with Crippen LogP contribution in [0.5, 0.6) is 11.5 Å². The van der Waals surface area contributed by atoms with Gasteiger partial charge in [0.2, 0.25) is 0 Å². The number of hydrogen-bond donors (Lipinski definition) is 1. The second-order valence-corrected chi connectivity index (χ2v) is 8.68. The minimum absolute atomic E-state index is 0.00173. The van der Waals surface area contributed by atoms with Crippen molar-refractivity contribution in [3.05, 3.63) is 64.2 Å². The quantitative estimate of drug-likeness (QED) is 0.599. The maximum Gasteiger partial charge on any atom is 0.199 e. The van der Waals surface area contributed by atoms with Crippen molar-refractivity contribution in [2.45, 2.75) is 16.2 Å². The molecule has 0 heterocycles. The summed E-state index contributed by atoms with van der Waals surface area (Å²) in [5.74, 6) is -1.94. The van der Waals surface area contributed by atoms with E-state index in [4.69, 9.17) is 51.1 Å². The summed E-state index contributed by atoms with van der Waals surface area (Å²) in [5, 5.41) is 8.91. The van der Waals surface area contributed by atoms with E-state index in [-0.39, 0.29) is 17.9 Å². The van der Waals surface area contributed by atoms with Crippen LogP contribution in [-0.2, 0) is 9.59 Å². The van der Waals surface area contributed by atoms with Crippen molar-refractivity contribution in [1.82, 2.24) is 0 Å². The number of Topliss-reactive ketones (excluding diaryl/α,β-unsaturated/α-hetero) is 2. The summed E-state index contributed by atoms with van der Waals surface area (Å²) in [4.78, 5) is 22.2. The molecule has 0 fully saturated rings. The smallest absolute Gasteiger partial charge is 0.199 e. The molecule has 2 aliphatic rings. The average Bonchev–Trinajstić information content (AvgIpc) is 2.72. The van der Waals surface area contributed by atoms with Gasteiger partial charge in [0, 0.05) is 5.92 Å². The van der Waals surface area contributed by atoms with Crippen LogP contribution in [0.25, 0.3) is 6.08 Å². The molecule has 0 saturated heterocycles. The van der Waals surface area contributed by atoms with E-state index in [0.29, 0.717) is 11.1 Å². The lowest BCUT2D eigenvalue weighted by Gasteiger charge is -2.49. The molecule has 0 radical (unpaired) electrons. The summed E-state index contributed by atoms with van der Waals surface area (Å²) in [6.07, 6.45) is 6.60. The Morgan fingerprint density at radius 1 is 1.21 bits per heavy atom. The fourth-order valence-electron chi connectivity index (χ4n) is 3.58. The highest BCUT2D eigenvalue weighted by Crippen LogP contribution is 2.57. The molecule has 29 heavy (non-hydrogen) atoms. The van der Waals surface area contributed by atoms with Crippen molar-refractivity contribution in [2.75, 3.05) is 7.11 Å². The molecule has 1 aromatic rings. The van der Waals surface area contributed by atoms with Gasteiger partial charge in [0.25, 0.3) is 0 Å². The van der Waals surface area contributed by atoms with Crippen molar-refractivity contribution in [1.29, 1.82) is 0 Å². The second-order valence-electron chi connectivity index (χ2n) is 6.68. The first kappa shape index (κ1) is 22.0. The number of alkyl halides is 2. The van der Waals surface area contributed by atoms with Crippen LogP contribution in [-0.4, -0.2) is 33.5 Å². The highest BCUT2D eigenvalue weighted by Gasteiger charge is 2.67. The van der Waals surface area contributed by atoms with Crippen molar-refractivity contribution in [2.24, 2.45) is 5.92 Å². The lowest BCUT2D eigenvalue weighted by molar-refractivity contribution is -0.127. The number of carbonyl (C=O) groups is 2. The molecule has 3 rings (SSSR count). The van der Waals surface area contributed by atoms with E-state index >= 15 is 0 Å². The Kier molecular flexibility index (Phi) is 5.94. The third-order valence-corrected chi connectivity index (χ3v) is 7.45. The van der Waals surface area contributed by atoms with Gasteiger partial charge in [-0.25, -0.2) is 0 Å². The van der Waals surface area contributed by atoms with Crippen molar-refractivity contribution in [3.63, 3.8) is 0 Å². The number of phenolic OH excluding ortho intramolecular Hbond substituents is 1. The molecule has 0 aliphatic heterocycles. The van der Waals surface area contributed by atoms with Gasteiger partial charge in [-0.2, -0.15) is 0 Å². The third kappa shape index (κ3) is 3.23. The zero-order chi connectivity index (χ0) is 21.6. The largest absolute Gasteiger partial charge is 0.504 e. The minimum Gasteiger partial charge on any atom is -0.504 e. The number of benzene rings is 1. The number of halogens is 4. The van der Waals surface area contributed by atoms with Gasteiger partial charge in [0.1, 0.15) is 19.8 Å². The topological polar surface area (TPSA) is 63.6 Å². The molecule has 4 nitrogen and oxygen atoms in total. The first-order valence-electron chi connectivity index (χ1n) is 8.52. The predicted molar refractivity (Wildman–Crippen MR) is 116 cm³/mol. The van der Waals surface area contributed by atoms with Crippen LogP contribution in [0.3, 0.4) is 0 Å². The molecule has 2 aliphatic carbocycles. The van der Waals surface area contributed by atoms with E-state index in [1.54, 1.807) is 36.4 Å². The molecule has 152 valence electrons. The highest BCUT2D eigenvalue weighted by atomic mass is 35.5. The number of hydrogen-bond acceptors (Lipinski definition) is 4. The Morgan fingerprint density at radius 3 is 2.48 bits per heavy atom. The van der Waals surface area contributed by atoms with E-state index in [2.05, 4.69) is 6.58 Å². The molecule has 0 aromatic heterocycles. The third-order valence-electron chi connectivity index (χ3n) is 5.19. The normalized spacial score (nSPS) is 29.7. The van der Waals surface area contributed by atoms with Crippen LogP contribution in [0.1, 0.15) is 12.0 Å². The second kappa shape index (κ2) is 7.84. The SMILES string of the molecule is C=CC1=CC[C@@]2(Cl)C(=O)C(Cl)=C(Cl)C(=O)[C@@]2(Cl)[C@H]1C=Cc1ccc(O)c(OC)c1. The number of aromatic hydroxyl groups is 1. The average molecular weight is 474 g/mol. The molecular weight excluding hydrogens is 458 g/mol. The molecule has 0 saturated carbocycles. The minimum atomic E-state index is -1.88. The maximum atomic E-state index is 13.1. The van der Waals surface area contributed by atoms with Gasteiger partial charge in [-0.05, 0) is 29.7 Å². The van der Waals surface area contributed by atoms with Crippen LogP contribution in [0.2, 0.25) is 0 Å². The van der Waals surface area contributed by atoms with Crippen LogP contribution in [0, 0.1) is 5.92 Å². The van der Waals surface area contributed by atoms with Gasteiger partial charge in [-0.3, -0.25) is 9.59 Å². The summed E-state index contributed by atoms with van der Waals surface area (Å²) in [5.41, 5.74) is 1.30. The Balaban J connectivity index is 2.14. The molecule has 0 amide bonds. The first-order valence-corrected chi connectivity index (χ1v) is 10.0. The zero-order valence-corrected chi connectivity index (χ0v) is 18.2. The van der Waals surface area contributed by atoms with E-state index in [0.717, 1.165) is 0 Å².